The molecule has 3 nitrogen and oxygen atoms in total. The van der Waals surface area contributed by atoms with Crippen LogP contribution in [0.5, 0.6) is 0 Å². The second-order valence-corrected chi connectivity index (χ2v) is 13.9. The average Bonchev–Trinajstić information content (AvgIpc) is 3.58. The fourth-order valence-corrected chi connectivity index (χ4v) is 8.29. The van der Waals surface area contributed by atoms with Crippen molar-refractivity contribution in [2.75, 3.05) is 0 Å². The van der Waals surface area contributed by atoms with Crippen molar-refractivity contribution in [3.63, 3.8) is 0 Å². The molecule has 0 atom stereocenters. The molecule has 10 rings (SSSR count). The molecule has 0 aliphatic heterocycles. The third kappa shape index (κ3) is 5.25. The number of nitrogens with zero attached hydrogens (tertiary/aromatic N) is 3. The van der Waals surface area contributed by atoms with Crippen LogP contribution in [-0.2, 0) is 0 Å². The zero-order valence-electron chi connectivity index (χ0n) is 27.5. The van der Waals surface area contributed by atoms with Crippen molar-refractivity contribution in [2.45, 2.75) is 0 Å². The molecule has 51 heavy (non-hydrogen) atoms. The highest BCUT2D eigenvalue weighted by molar-refractivity contribution is 7.25. The van der Waals surface area contributed by atoms with Crippen LogP contribution in [0.1, 0.15) is 0 Å². The van der Waals surface area contributed by atoms with Gasteiger partial charge in [-0.05, 0) is 74.1 Å². The summed E-state index contributed by atoms with van der Waals surface area (Å²) in [6.07, 6.45) is 0. The Balaban J connectivity index is 1.08. The third-order valence-corrected chi connectivity index (χ3v) is 10.9. The van der Waals surface area contributed by atoms with E-state index in [0.29, 0.717) is 17.5 Å². The minimum atomic E-state index is 0.659. The summed E-state index contributed by atoms with van der Waals surface area (Å²) in [4.78, 5) is 15.0. The molecule has 0 unspecified atom stereocenters. The van der Waals surface area contributed by atoms with Crippen LogP contribution < -0.4 is 0 Å². The Labute approximate surface area is 299 Å². The standard InChI is InChI=1S/C47H29N3S/c1-3-12-31(13-4-1)45-48-46(32-14-5-2-6-15-32)50-47(49-45)41-25-24-37(38-17-9-10-18-39(38)41)36-21-23-40-42-28-35(22-26-43(42)51-44(40)29-36)34-20-19-30-11-7-8-16-33(30)27-34/h1-29H. The van der Waals surface area contributed by atoms with Gasteiger partial charge in [-0.2, -0.15) is 0 Å². The summed E-state index contributed by atoms with van der Waals surface area (Å²) in [6.45, 7) is 0. The topological polar surface area (TPSA) is 38.7 Å². The van der Waals surface area contributed by atoms with E-state index < -0.39 is 0 Å². The molecule has 0 aliphatic rings. The molecule has 2 aromatic heterocycles. The predicted molar refractivity (Wildman–Crippen MR) is 215 cm³/mol. The van der Waals surface area contributed by atoms with Crippen molar-refractivity contribution in [1.29, 1.82) is 0 Å². The second-order valence-electron chi connectivity index (χ2n) is 12.8. The van der Waals surface area contributed by atoms with Gasteiger partial charge >= 0.3 is 0 Å². The number of rotatable bonds is 5. The van der Waals surface area contributed by atoms with Gasteiger partial charge in [0.05, 0.1) is 0 Å². The highest BCUT2D eigenvalue weighted by Gasteiger charge is 2.17. The van der Waals surface area contributed by atoms with E-state index in [1.165, 1.54) is 53.2 Å². The molecule has 4 heteroatoms. The Hall–Kier alpha value is -6.49. The van der Waals surface area contributed by atoms with Crippen LogP contribution in [0.3, 0.4) is 0 Å². The van der Waals surface area contributed by atoms with Crippen LogP contribution >= 0.6 is 11.3 Å². The first-order chi connectivity index (χ1) is 25.2. The third-order valence-electron chi connectivity index (χ3n) is 9.73. The van der Waals surface area contributed by atoms with Crippen LogP contribution in [0.15, 0.2) is 176 Å². The van der Waals surface area contributed by atoms with Crippen molar-refractivity contribution in [3.05, 3.63) is 176 Å². The van der Waals surface area contributed by atoms with Crippen molar-refractivity contribution in [1.82, 2.24) is 15.0 Å². The molecule has 0 bridgehead atoms. The lowest BCUT2D eigenvalue weighted by Crippen LogP contribution is -2.00. The Morgan fingerprint density at radius 2 is 0.863 bits per heavy atom. The van der Waals surface area contributed by atoms with Crippen LogP contribution in [0.2, 0.25) is 0 Å². The van der Waals surface area contributed by atoms with E-state index in [1.807, 2.05) is 72.0 Å². The molecule has 0 aliphatic carbocycles. The van der Waals surface area contributed by atoms with E-state index in [0.717, 1.165) is 27.5 Å². The number of benzene rings is 8. The van der Waals surface area contributed by atoms with E-state index in [9.17, 15) is 0 Å². The lowest BCUT2D eigenvalue weighted by molar-refractivity contribution is 1.08. The number of fused-ring (bicyclic) bond motifs is 5. The molecule has 0 spiro atoms. The Kier molecular flexibility index (Phi) is 7.00. The summed E-state index contributed by atoms with van der Waals surface area (Å²) < 4.78 is 2.58. The Bertz CT molecular complexity index is 2860. The first-order valence-corrected chi connectivity index (χ1v) is 17.9. The molecule has 2 heterocycles. The molecule has 0 saturated heterocycles. The van der Waals surface area contributed by atoms with Crippen molar-refractivity contribution in [3.8, 4) is 56.4 Å². The van der Waals surface area contributed by atoms with Crippen molar-refractivity contribution < 1.29 is 0 Å². The molecular formula is C47H29N3S. The fourth-order valence-electron chi connectivity index (χ4n) is 7.17. The molecule has 0 radical (unpaired) electrons. The predicted octanol–water partition coefficient (Wildman–Crippen LogP) is 12.9. The van der Waals surface area contributed by atoms with Crippen LogP contribution in [-0.4, -0.2) is 15.0 Å². The summed E-state index contributed by atoms with van der Waals surface area (Å²) >= 11 is 1.85. The maximum Gasteiger partial charge on any atom is 0.164 e. The molecule has 0 fully saturated rings. The van der Waals surface area contributed by atoms with Crippen LogP contribution in [0.4, 0.5) is 0 Å². The monoisotopic (exact) mass is 667 g/mol. The quantitative estimate of drug-likeness (QED) is 0.183. The van der Waals surface area contributed by atoms with Crippen molar-refractivity contribution in [2.24, 2.45) is 0 Å². The summed E-state index contributed by atoms with van der Waals surface area (Å²) in [5.41, 5.74) is 7.75. The van der Waals surface area contributed by atoms with E-state index >= 15 is 0 Å². The van der Waals surface area contributed by atoms with E-state index in [4.69, 9.17) is 15.0 Å². The summed E-state index contributed by atoms with van der Waals surface area (Å²) in [7, 11) is 0. The van der Waals surface area contributed by atoms with Gasteiger partial charge in [0.2, 0.25) is 0 Å². The molecule has 8 aromatic carbocycles. The molecule has 0 N–H and O–H groups in total. The number of aromatic nitrogens is 3. The van der Waals surface area contributed by atoms with E-state index in [-0.39, 0.29) is 0 Å². The molecule has 0 amide bonds. The minimum absolute atomic E-state index is 0.659. The Morgan fingerprint density at radius 3 is 1.61 bits per heavy atom. The van der Waals surface area contributed by atoms with Gasteiger partial charge in [0.25, 0.3) is 0 Å². The first kappa shape index (κ1) is 29.4. The summed E-state index contributed by atoms with van der Waals surface area (Å²) in [6, 6.07) is 62.3. The molecule has 0 saturated carbocycles. The molecule has 238 valence electrons. The summed E-state index contributed by atoms with van der Waals surface area (Å²) in [5, 5.41) is 7.38. The van der Waals surface area contributed by atoms with Gasteiger partial charge in [-0.15, -0.1) is 11.3 Å². The lowest BCUT2D eigenvalue weighted by atomic mass is 9.94. The Morgan fingerprint density at radius 1 is 0.294 bits per heavy atom. The van der Waals surface area contributed by atoms with Crippen LogP contribution in [0.25, 0.3) is 98.1 Å². The van der Waals surface area contributed by atoms with E-state index in [1.54, 1.807) is 0 Å². The van der Waals surface area contributed by atoms with Gasteiger partial charge in [-0.25, -0.2) is 15.0 Å². The van der Waals surface area contributed by atoms with Crippen LogP contribution in [0, 0.1) is 0 Å². The maximum absolute atomic E-state index is 5.04. The van der Waals surface area contributed by atoms with E-state index in [2.05, 4.69) is 115 Å². The molecule has 10 aromatic rings. The average molecular weight is 668 g/mol. The lowest BCUT2D eigenvalue weighted by Gasteiger charge is -2.13. The van der Waals surface area contributed by atoms with Crippen molar-refractivity contribution >= 4 is 53.1 Å². The van der Waals surface area contributed by atoms with Gasteiger partial charge in [0.15, 0.2) is 17.5 Å². The minimum Gasteiger partial charge on any atom is -0.208 e. The van der Waals surface area contributed by atoms with Gasteiger partial charge in [-0.3, -0.25) is 0 Å². The normalized spacial score (nSPS) is 11.5. The number of hydrogen-bond donors (Lipinski definition) is 0. The smallest absolute Gasteiger partial charge is 0.164 e. The summed E-state index contributed by atoms with van der Waals surface area (Å²) in [5.74, 6) is 1.98. The SMILES string of the molecule is c1ccc(-c2nc(-c3ccccc3)nc(-c3ccc(-c4ccc5c(c4)sc4ccc(-c6ccc7ccccc7c6)cc45)c4ccccc34)n2)cc1. The van der Waals surface area contributed by atoms with Gasteiger partial charge in [-0.1, -0.05) is 146 Å². The highest BCUT2D eigenvalue weighted by atomic mass is 32.1. The zero-order valence-corrected chi connectivity index (χ0v) is 28.3. The van der Waals surface area contributed by atoms with Gasteiger partial charge in [0, 0.05) is 36.9 Å². The maximum atomic E-state index is 5.04. The first-order valence-electron chi connectivity index (χ1n) is 17.1. The largest absolute Gasteiger partial charge is 0.208 e. The second kappa shape index (κ2) is 12.1. The zero-order chi connectivity index (χ0) is 33.7. The van der Waals surface area contributed by atoms with Gasteiger partial charge < -0.3 is 0 Å². The highest BCUT2D eigenvalue weighted by Crippen LogP contribution is 2.41. The molecular weight excluding hydrogens is 639 g/mol. The number of hydrogen-bond acceptors (Lipinski definition) is 4. The fraction of sp³-hybridized carbons (Fsp3) is 0. The van der Waals surface area contributed by atoms with Gasteiger partial charge in [0.1, 0.15) is 0 Å². The number of thiophene rings is 1.